The molecule has 15 heavy (non-hydrogen) atoms. The van der Waals surface area contributed by atoms with Gasteiger partial charge in [-0.3, -0.25) is 0 Å². The summed E-state index contributed by atoms with van der Waals surface area (Å²) < 4.78 is 18.8. The minimum absolute atomic E-state index is 0.280. The van der Waals surface area contributed by atoms with Crippen molar-refractivity contribution in [3.05, 3.63) is 50.9 Å². The zero-order valence-electron chi connectivity index (χ0n) is 7.74. The molecule has 0 saturated carbocycles. The molecule has 2 rings (SSSR count). The fourth-order valence-electron chi connectivity index (χ4n) is 1.11. The first-order valence-electron chi connectivity index (χ1n) is 4.34. The second-order valence-electron chi connectivity index (χ2n) is 3.00. The third-order valence-corrected chi connectivity index (χ3v) is 3.22. The first-order chi connectivity index (χ1) is 7.25. The van der Waals surface area contributed by atoms with E-state index in [2.05, 4.69) is 15.9 Å². The largest absolute Gasteiger partial charge is 0.489 e. The zero-order valence-corrected chi connectivity index (χ0v) is 10.1. The van der Waals surface area contributed by atoms with Crippen LogP contribution in [0.3, 0.4) is 0 Å². The molecule has 2 aromatic rings. The van der Waals surface area contributed by atoms with Crippen LogP contribution < -0.4 is 4.74 Å². The summed E-state index contributed by atoms with van der Waals surface area (Å²) in [6, 6.07) is 6.63. The normalized spacial score (nSPS) is 10.3. The number of benzene rings is 1. The van der Waals surface area contributed by atoms with E-state index in [1.165, 1.54) is 6.07 Å². The average molecular weight is 287 g/mol. The van der Waals surface area contributed by atoms with Gasteiger partial charge in [0, 0.05) is 0 Å². The summed E-state index contributed by atoms with van der Waals surface area (Å²) in [6.07, 6.45) is 0. The molecule has 0 unspecified atom stereocenters. The molecule has 0 saturated heterocycles. The van der Waals surface area contributed by atoms with Crippen LogP contribution in [0.2, 0.25) is 0 Å². The quantitative estimate of drug-likeness (QED) is 0.821. The van der Waals surface area contributed by atoms with E-state index >= 15 is 0 Å². The summed E-state index contributed by atoms with van der Waals surface area (Å²) >= 11 is 4.74. The predicted octanol–water partition coefficient (Wildman–Crippen LogP) is 4.23. The van der Waals surface area contributed by atoms with E-state index in [1.807, 2.05) is 16.8 Å². The minimum atomic E-state index is -0.280. The van der Waals surface area contributed by atoms with Crippen molar-refractivity contribution >= 4 is 27.3 Å². The van der Waals surface area contributed by atoms with Crippen LogP contribution in [0.4, 0.5) is 4.39 Å². The van der Waals surface area contributed by atoms with Crippen molar-refractivity contribution < 1.29 is 9.13 Å². The van der Waals surface area contributed by atoms with Gasteiger partial charge in [0.1, 0.15) is 18.2 Å². The fourth-order valence-corrected chi connectivity index (χ4v) is 2.12. The lowest BCUT2D eigenvalue weighted by Crippen LogP contribution is -1.93. The van der Waals surface area contributed by atoms with Crippen LogP contribution in [-0.2, 0) is 6.61 Å². The van der Waals surface area contributed by atoms with Crippen LogP contribution in [-0.4, -0.2) is 0 Å². The molecule has 0 amide bonds. The first kappa shape index (κ1) is 10.6. The number of hydrogen-bond acceptors (Lipinski definition) is 2. The van der Waals surface area contributed by atoms with Gasteiger partial charge in [0.15, 0.2) is 0 Å². The molecule has 0 atom stereocenters. The van der Waals surface area contributed by atoms with Gasteiger partial charge in [-0.15, -0.1) is 0 Å². The minimum Gasteiger partial charge on any atom is -0.489 e. The van der Waals surface area contributed by atoms with Crippen LogP contribution in [0.15, 0.2) is 39.5 Å². The Hall–Kier alpha value is -0.870. The van der Waals surface area contributed by atoms with Crippen LogP contribution in [0.1, 0.15) is 5.56 Å². The maximum absolute atomic E-state index is 12.9. The number of ether oxygens (including phenoxy) is 1. The monoisotopic (exact) mass is 286 g/mol. The first-order valence-corrected chi connectivity index (χ1v) is 6.08. The zero-order chi connectivity index (χ0) is 10.7. The Bertz CT molecular complexity index is 442. The molecule has 0 aliphatic heterocycles. The number of hydrogen-bond donors (Lipinski definition) is 0. The van der Waals surface area contributed by atoms with Gasteiger partial charge in [0.2, 0.25) is 0 Å². The van der Waals surface area contributed by atoms with Crippen LogP contribution in [0.25, 0.3) is 0 Å². The van der Waals surface area contributed by atoms with E-state index in [1.54, 1.807) is 23.5 Å². The Balaban J connectivity index is 2.02. The molecule has 78 valence electrons. The topological polar surface area (TPSA) is 9.23 Å². The van der Waals surface area contributed by atoms with Crippen LogP contribution >= 0.6 is 27.3 Å². The number of halogens is 2. The van der Waals surface area contributed by atoms with E-state index in [0.29, 0.717) is 16.8 Å². The van der Waals surface area contributed by atoms with Gasteiger partial charge in [-0.1, -0.05) is 0 Å². The predicted molar refractivity (Wildman–Crippen MR) is 62.8 cm³/mol. The van der Waals surface area contributed by atoms with Gasteiger partial charge in [0.25, 0.3) is 0 Å². The van der Waals surface area contributed by atoms with Crippen molar-refractivity contribution in [2.24, 2.45) is 0 Å². The van der Waals surface area contributed by atoms with Crippen molar-refractivity contribution in [1.29, 1.82) is 0 Å². The second-order valence-corrected chi connectivity index (χ2v) is 4.63. The lowest BCUT2D eigenvalue weighted by atomic mass is 10.3. The van der Waals surface area contributed by atoms with Gasteiger partial charge >= 0.3 is 0 Å². The molecule has 1 aromatic heterocycles. The highest BCUT2D eigenvalue weighted by Crippen LogP contribution is 2.22. The smallest absolute Gasteiger partial charge is 0.137 e. The van der Waals surface area contributed by atoms with Crippen molar-refractivity contribution in [2.45, 2.75) is 6.61 Å². The lowest BCUT2D eigenvalue weighted by Gasteiger charge is -2.05. The fraction of sp³-hybridized carbons (Fsp3) is 0.0909. The molecular weight excluding hydrogens is 279 g/mol. The third-order valence-electron chi connectivity index (χ3n) is 1.88. The Labute approximate surface area is 99.6 Å². The summed E-state index contributed by atoms with van der Waals surface area (Å²) in [5.74, 6) is 0.382. The molecule has 1 heterocycles. The van der Waals surface area contributed by atoms with E-state index in [-0.39, 0.29) is 5.82 Å². The maximum Gasteiger partial charge on any atom is 0.137 e. The van der Waals surface area contributed by atoms with Crippen molar-refractivity contribution in [3.8, 4) is 5.75 Å². The number of thiophene rings is 1. The summed E-state index contributed by atoms with van der Waals surface area (Å²) in [6.45, 7) is 0.515. The maximum atomic E-state index is 12.9. The molecule has 0 fully saturated rings. The lowest BCUT2D eigenvalue weighted by molar-refractivity contribution is 0.306. The highest BCUT2D eigenvalue weighted by Gasteiger charge is 2.01. The van der Waals surface area contributed by atoms with Gasteiger partial charge < -0.3 is 4.74 Å². The van der Waals surface area contributed by atoms with Crippen LogP contribution in [0, 0.1) is 5.82 Å². The van der Waals surface area contributed by atoms with Gasteiger partial charge in [-0.2, -0.15) is 11.3 Å². The molecule has 4 heteroatoms. The molecule has 0 bridgehead atoms. The highest BCUT2D eigenvalue weighted by molar-refractivity contribution is 9.10. The SMILES string of the molecule is Fc1ccc(OCc2ccsc2)cc1Br. The average Bonchev–Trinajstić information content (AvgIpc) is 2.73. The Kier molecular flexibility index (Phi) is 3.38. The van der Waals surface area contributed by atoms with Gasteiger partial charge in [0.05, 0.1) is 4.47 Å². The Morgan fingerprint density at radius 1 is 1.33 bits per heavy atom. The summed E-state index contributed by atoms with van der Waals surface area (Å²) in [4.78, 5) is 0. The Morgan fingerprint density at radius 3 is 2.87 bits per heavy atom. The summed E-state index contributed by atoms with van der Waals surface area (Å²) in [7, 11) is 0. The molecule has 1 aromatic carbocycles. The molecule has 0 aliphatic carbocycles. The molecule has 0 aliphatic rings. The van der Waals surface area contributed by atoms with Crippen molar-refractivity contribution in [2.75, 3.05) is 0 Å². The molecule has 0 N–H and O–H groups in total. The Morgan fingerprint density at radius 2 is 2.20 bits per heavy atom. The highest BCUT2D eigenvalue weighted by atomic mass is 79.9. The van der Waals surface area contributed by atoms with E-state index < -0.39 is 0 Å². The van der Waals surface area contributed by atoms with E-state index in [9.17, 15) is 4.39 Å². The van der Waals surface area contributed by atoms with E-state index in [0.717, 1.165) is 5.56 Å². The summed E-state index contributed by atoms with van der Waals surface area (Å²) in [5.41, 5.74) is 1.13. The molecule has 0 spiro atoms. The van der Waals surface area contributed by atoms with E-state index in [4.69, 9.17) is 4.74 Å². The standard InChI is InChI=1S/C11H8BrFOS/c12-10-5-9(1-2-11(10)13)14-6-8-3-4-15-7-8/h1-5,7H,6H2. The number of rotatable bonds is 3. The van der Waals surface area contributed by atoms with Crippen LogP contribution in [0.5, 0.6) is 5.75 Å². The summed E-state index contributed by atoms with van der Waals surface area (Å²) in [5, 5.41) is 4.03. The van der Waals surface area contributed by atoms with Crippen molar-refractivity contribution in [3.63, 3.8) is 0 Å². The van der Waals surface area contributed by atoms with Gasteiger partial charge in [-0.05, 0) is 56.5 Å². The van der Waals surface area contributed by atoms with Gasteiger partial charge in [-0.25, -0.2) is 4.39 Å². The molecular formula is C11H8BrFOS. The third kappa shape index (κ3) is 2.79. The molecule has 0 radical (unpaired) electrons. The second kappa shape index (κ2) is 4.77. The van der Waals surface area contributed by atoms with Crippen molar-refractivity contribution in [1.82, 2.24) is 0 Å². The molecule has 1 nitrogen and oxygen atoms in total.